The summed E-state index contributed by atoms with van der Waals surface area (Å²) in [6, 6.07) is 24.4. The largest absolute Gasteiger partial charge is 0.462 e. The lowest BCUT2D eigenvalue weighted by Gasteiger charge is -2.15. The van der Waals surface area contributed by atoms with Crippen molar-refractivity contribution in [3.63, 3.8) is 0 Å². The monoisotopic (exact) mass is 541 g/mol. The predicted molar refractivity (Wildman–Crippen MR) is 150 cm³/mol. The van der Waals surface area contributed by atoms with E-state index in [1.807, 2.05) is 49.4 Å². The number of carbonyl (C=O) groups is 4. The first-order valence-corrected chi connectivity index (χ1v) is 13.2. The Morgan fingerprint density at radius 3 is 2.13 bits per heavy atom. The number of hydrogen-bond donors (Lipinski definition) is 1. The van der Waals surface area contributed by atoms with E-state index in [4.69, 9.17) is 9.47 Å². The number of esters is 2. The third-order valence-corrected chi connectivity index (χ3v) is 6.98. The Hall–Kier alpha value is -4.56. The number of thiophene rings is 1. The van der Waals surface area contributed by atoms with Crippen LogP contribution in [0.5, 0.6) is 0 Å². The number of amides is 1. The highest BCUT2D eigenvalue weighted by Crippen LogP contribution is 2.36. The molecule has 1 atom stereocenters. The molecular weight excluding hydrogens is 514 g/mol. The summed E-state index contributed by atoms with van der Waals surface area (Å²) in [5.74, 6) is -2.33. The van der Waals surface area contributed by atoms with Crippen LogP contribution in [0.4, 0.5) is 5.00 Å². The molecule has 4 aromatic rings. The molecule has 0 saturated heterocycles. The number of hydrogen-bond acceptors (Lipinski definition) is 7. The highest BCUT2D eigenvalue weighted by Gasteiger charge is 2.26. The molecule has 1 aromatic heterocycles. The van der Waals surface area contributed by atoms with Crippen molar-refractivity contribution in [3.05, 3.63) is 113 Å². The van der Waals surface area contributed by atoms with E-state index in [0.29, 0.717) is 5.56 Å². The van der Waals surface area contributed by atoms with Gasteiger partial charge in [-0.25, -0.2) is 9.59 Å². The van der Waals surface area contributed by atoms with E-state index >= 15 is 0 Å². The summed E-state index contributed by atoms with van der Waals surface area (Å²) < 4.78 is 10.6. The van der Waals surface area contributed by atoms with E-state index in [9.17, 15) is 19.2 Å². The third-order valence-electron chi connectivity index (χ3n) is 5.88. The lowest BCUT2D eigenvalue weighted by molar-refractivity contribution is -0.123. The molecule has 0 aliphatic carbocycles. The molecule has 0 unspecified atom stereocenters. The zero-order chi connectivity index (χ0) is 27.9. The van der Waals surface area contributed by atoms with Gasteiger partial charge in [0.1, 0.15) is 5.00 Å². The summed E-state index contributed by atoms with van der Waals surface area (Å²) in [4.78, 5) is 52.5. The summed E-state index contributed by atoms with van der Waals surface area (Å²) >= 11 is 1.21. The Labute approximate surface area is 230 Å². The molecule has 1 heterocycles. The van der Waals surface area contributed by atoms with E-state index in [0.717, 1.165) is 16.0 Å². The summed E-state index contributed by atoms with van der Waals surface area (Å²) in [6.45, 7) is 5.22. The zero-order valence-corrected chi connectivity index (χ0v) is 22.5. The lowest BCUT2D eigenvalue weighted by Crippen LogP contribution is -2.30. The lowest BCUT2D eigenvalue weighted by atomic mass is 9.98. The Morgan fingerprint density at radius 1 is 0.821 bits per heavy atom. The molecule has 0 bridgehead atoms. The maximum absolute atomic E-state index is 13.1. The molecule has 4 rings (SSSR count). The number of ether oxygens (including phenoxy) is 2. The van der Waals surface area contributed by atoms with Crippen LogP contribution in [0.3, 0.4) is 0 Å². The second-order valence-electron chi connectivity index (χ2n) is 8.72. The first-order chi connectivity index (χ1) is 18.8. The maximum Gasteiger partial charge on any atom is 0.341 e. The van der Waals surface area contributed by atoms with E-state index in [1.54, 1.807) is 43.3 Å². The number of benzene rings is 3. The molecule has 198 valence electrons. The van der Waals surface area contributed by atoms with Crippen LogP contribution in [0.2, 0.25) is 0 Å². The molecule has 0 radical (unpaired) electrons. The van der Waals surface area contributed by atoms with Crippen molar-refractivity contribution >= 4 is 40.0 Å². The minimum Gasteiger partial charge on any atom is -0.462 e. The second-order valence-corrected chi connectivity index (χ2v) is 9.77. The second kappa shape index (κ2) is 12.3. The average Bonchev–Trinajstić information content (AvgIpc) is 3.37. The fourth-order valence-electron chi connectivity index (χ4n) is 3.80. The molecule has 0 saturated carbocycles. The Morgan fingerprint density at radius 2 is 1.46 bits per heavy atom. The standard InChI is InChI=1S/C31H27NO6S/c1-4-37-30(35)25-18-26(21-10-6-5-7-11-21)39-29(25)32-28(34)20(3)38-31(36)24-13-9-8-12-23(24)27(33)22-16-14-19(2)15-17-22/h5-18,20H,4H2,1-3H3,(H,32,34)/t20-/m1/s1. The Bertz CT molecular complexity index is 1510. The van der Waals surface area contributed by atoms with Crippen molar-refractivity contribution in [3.8, 4) is 10.4 Å². The molecular formula is C31H27NO6S. The van der Waals surface area contributed by atoms with Crippen molar-refractivity contribution in [2.75, 3.05) is 11.9 Å². The molecule has 0 fully saturated rings. The maximum atomic E-state index is 13.1. The molecule has 39 heavy (non-hydrogen) atoms. The van der Waals surface area contributed by atoms with E-state index < -0.39 is 23.9 Å². The van der Waals surface area contributed by atoms with E-state index in [1.165, 1.54) is 24.3 Å². The summed E-state index contributed by atoms with van der Waals surface area (Å²) in [5.41, 5.74) is 2.76. The van der Waals surface area contributed by atoms with Crippen LogP contribution in [0.25, 0.3) is 10.4 Å². The van der Waals surface area contributed by atoms with Gasteiger partial charge >= 0.3 is 11.9 Å². The van der Waals surface area contributed by atoms with Crippen molar-refractivity contribution in [1.29, 1.82) is 0 Å². The molecule has 0 aliphatic rings. The van der Waals surface area contributed by atoms with Crippen LogP contribution in [-0.2, 0) is 14.3 Å². The third kappa shape index (κ3) is 6.48. The number of nitrogens with one attached hydrogen (secondary N) is 1. The predicted octanol–water partition coefficient (Wildman–Crippen LogP) is 6.32. The van der Waals surface area contributed by atoms with Gasteiger partial charge in [0.05, 0.1) is 17.7 Å². The van der Waals surface area contributed by atoms with Crippen molar-refractivity contribution in [1.82, 2.24) is 0 Å². The first kappa shape index (κ1) is 27.5. The fourth-order valence-corrected chi connectivity index (χ4v) is 4.85. The van der Waals surface area contributed by atoms with Gasteiger partial charge < -0.3 is 14.8 Å². The molecule has 7 nitrogen and oxygen atoms in total. The normalized spacial score (nSPS) is 11.4. The van der Waals surface area contributed by atoms with Crippen LogP contribution < -0.4 is 5.32 Å². The minimum absolute atomic E-state index is 0.0532. The van der Waals surface area contributed by atoms with Crippen LogP contribution in [0.15, 0.2) is 84.9 Å². The summed E-state index contributed by atoms with van der Waals surface area (Å²) in [5, 5.41) is 2.99. The van der Waals surface area contributed by atoms with Crippen molar-refractivity contribution < 1.29 is 28.7 Å². The number of rotatable bonds is 9. The summed E-state index contributed by atoms with van der Waals surface area (Å²) in [7, 11) is 0. The van der Waals surface area contributed by atoms with Gasteiger partial charge in [0.15, 0.2) is 11.9 Å². The molecule has 1 amide bonds. The summed E-state index contributed by atoms with van der Waals surface area (Å²) in [6.07, 6.45) is -1.21. The van der Waals surface area contributed by atoms with Crippen LogP contribution >= 0.6 is 11.3 Å². The number of carbonyl (C=O) groups excluding carboxylic acids is 4. The SMILES string of the molecule is CCOC(=O)c1cc(-c2ccccc2)sc1NC(=O)[C@@H](C)OC(=O)c1ccccc1C(=O)c1ccc(C)cc1. The number of ketones is 1. The van der Waals surface area contributed by atoms with Gasteiger partial charge in [-0.15, -0.1) is 11.3 Å². The molecule has 3 aromatic carbocycles. The van der Waals surface area contributed by atoms with Gasteiger partial charge in [-0.2, -0.15) is 0 Å². The van der Waals surface area contributed by atoms with Crippen molar-refractivity contribution in [2.24, 2.45) is 0 Å². The smallest absolute Gasteiger partial charge is 0.341 e. The number of anilines is 1. The quantitative estimate of drug-likeness (QED) is 0.197. The highest BCUT2D eigenvalue weighted by molar-refractivity contribution is 7.20. The molecule has 1 N–H and O–H groups in total. The van der Waals surface area contributed by atoms with Gasteiger partial charge in [-0.05, 0) is 38.5 Å². The zero-order valence-electron chi connectivity index (χ0n) is 21.7. The van der Waals surface area contributed by atoms with E-state index in [2.05, 4.69) is 5.32 Å². The molecule has 0 aliphatic heterocycles. The average molecular weight is 542 g/mol. The highest BCUT2D eigenvalue weighted by atomic mass is 32.1. The Kier molecular flexibility index (Phi) is 8.68. The van der Waals surface area contributed by atoms with Crippen LogP contribution in [0, 0.1) is 6.92 Å². The van der Waals surface area contributed by atoms with Gasteiger partial charge in [0.2, 0.25) is 0 Å². The van der Waals surface area contributed by atoms with Gasteiger partial charge in [0, 0.05) is 16.0 Å². The van der Waals surface area contributed by atoms with Gasteiger partial charge in [-0.1, -0.05) is 78.4 Å². The Balaban J connectivity index is 1.52. The van der Waals surface area contributed by atoms with Gasteiger partial charge in [-0.3, -0.25) is 9.59 Å². The number of aryl methyl sites for hydroxylation is 1. The molecule has 8 heteroatoms. The van der Waals surface area contributed by atoms with Crippen LogP contribution in [0.1, 0.15) is 56.0 Å². The van der Waals surface area contributed by atoms with E-state index in [-0.39, 0.29) is 34.1 Å². The first-order valence-electron chi connectivity index (χ1n) is 12.4. The van der Waals surface area contributed by atoms with Crippen molar-refractivity contribution in [2.45, 2.75) is 26.9 Å². The fraction of sp³-hybridized carbons (Fsp3) is 0.161. The molecule has 0 spiro atoms. The minimum atomic E-state index is -1.21. The van der Waals surface area contributed by atoms with Crippen LogP contribution in [-0.4, -0.2) is 36.3 Å². The van der Waals surface area contributed by atoms with Gasteiger partial charge in [0.25, 0.3) is 5.91 Å². The topological polar surface area (TPSA) is 98.8 Å².